The van der Waals surface area contributed by atoms with Crippen LogP contribution in [0.25, 0.3) is 0 Å². The van der Waals surface area contributed by atoms with E-state index in [1.54, 1.807) is 6.92 Å². The predicted octanol–water partition coefficient (Wildman–Crippen LogP) is 0.183. The number of hydrogen-bond donors (Lipinski definition) is 0. The van der Waals surface area contributed by atoms with E-state index >= 15 is 0 Å². The molecule has 0 unspecified atom stereocenters. The molecular formula is C5H6O2. The van der Waals surface area contributed by atoms with E-state index in [0.29, 0.717) is 6.47 Å². The number of ether oxygens (including phenoxy) is 1. The zero-order chi connectivity index (χ0) is 5.54. The van der Waals surface area contributed by atoms with E-state index in [9.17, 15) is 4.79 Å². The molecule has 0 amide bonds. The Morgan fingerprint density at radius 2 is 2.57 bits per heavy atom. The molecule has 2 nitrogen and oxygen atoms in total. The molecule has 7 heavy (non-hydrogen) atoms. The maximum absolute atomic E-state index is 9.39. The number of carbonyl (C=O) groups excluding carboxylic acids is 1. The molecule has 0 bridgehead atoms. The molecule has 0 rings (SSSR count). The monoisotopic (exact) mass is 98.0 g/mol. The summed E-state index contributed by atoms with van der Waals surface area (Å²) >= 11 is 0. The SMILES string of the molecule is CC#CCOC=O. The second kappa shape index (κ2) is 5.03. The molecule has 38 valence electrons. The van der Waals surface area contributed by atoms with Gasteiger partial charge in [0.1, 0.15) is 0 Å². The molecule has 0 fully saturated rings. The van der Waals surface area contributed by atoms with E-state index in [1.807, 2.05) is 0 Å². The lowest BCUT2D eigenvalue weighted by Gasteiger charge is -1.80. The lowest BCUT2D eigenvalue weighted by atomic mass is 10.6. The standard InChI is InChI=1S/C5H6O2/c1-2-3-4-7-5-6/h5H,4H2,1H3. The van der Waals surface area contributed by atoms with Crippen molar-refractivity contribution in [2.75, 3.05) is 6.61 Å². The van der Waals surface area contributed by atoms with E-state index in [1.165, 1.54) is 0 Å². The highest BCUT2D eigenvalue weighted by molar-refractivity contribution is 5.37. The maximum Gasteiger partial charge on any atom is 0.294 e. The van der Waals surface area contributed by atoms with Gasteiger partial charge in [0.2, 0.25) is 0 Å². The first kappa shape index (κ1) is 6.03. The van der Waals surface area contributed by atoms with Crippen LogP contribution < -0.4 is 0 Å². The van der Waals surface area contributed by atoms with Gasteiger partial charge >= 0.3 is 0 Å². The Morgan fingerprint density at radius 3 is 3.00 bits per heavy atom. The topological polar surface area (TPSA) is 26.3 Å². The third-order valence-corrected chi connectivity index (χ3v) is 0.400. The Labute approximate surface area is 42.5 Å². The van der Waals surface area contributed by atoms with Crippen LogP contribution in [-0.4, -0.2) is 13.1 Å². The van der Waals surface area contributed by atoms with Gasteiger partial charge in [-0.15, -0.1) is 5.92 Å². The van der Waals surface area contributed by atoms with Gasteiger partial charge in [0.25, 0.3) is 6.47 Å². The van der Waals surface area contributed by atoms with Crippen LogP contribution in [0.2, 0.25) is 0 Å². The molecule has 0 saturated heterocycles. The third kappa shape index (κ3) is 5.03. The summed E-state index contributed by atoms with van der Waals surface area (Å²) in [4.78, 5) is 9.39. The van der Waals surface area contributed by atoms with Crippen molar-refractivity contribution >= 4 is 6.47 Å². The van der Waals surface area contributed by atoms with Gasteiger partial charge in [-0.3, -0.25) is 4.79 Å². The zero-order valence-corrected chi connectivity index (χ0v) is 4.10. The van der Waals surface area contributed by atoms with Gasteiger partial charge in [0.15, 0.2) is 6.61 Å². The van der Waals surface area contributed by atoms with E-state index in [-0.39, 0.29) is 6.61 Å². The average Bonchev–Trinajstić information content (AvgIpc) is 1.69. The van der Waals surface area contributed by atoms with Crippen LogP contribution in [0.3, 0.4) is 0 Å². The first-order valence-corrected chi connectivity index (χ1v) is 1.86. The fourth-order valence-corrected chi connectivity index (χ4v) is 0.148. The molecule has 0 spiro atoms. The highest BCUT2D eigenvalue weighted by Crippen LogP contribution is 1.59. The van der Waals surface area contributed by atoms with E-state index in [0.717, 1.165) is 0 Å². The number of hydrogen-bond acceptors (Lipinski definition) is 2. The largest absolute Gasteiger partial charge is 0.455 e. The molecule has 0 saturated carbocycles. The second-order valence-corrected chi connectivity index (χ2v) is 0.834. The van der Waals surface area contributed by atoms with Crippen molar-refractivity contribution in [2.45, 2.75) is 6.92 Å². The summed E-state index contributed by atoms with van der Waals surface area (Å²) in [7, 11) is 0. The second-order valence-electron chi connectivity index (χ2n) is 0.834. The van der Waals surface area contributed by atoms with E-state index < -0.39 is 0 Å². The number of rotatable bonds is 2. The Hall–Kier alpha value is -0.970. The Balaban J connectivity index is 2.92. The molecule has 2 heteroatoms. The molecule has 0 heterocycles. The highest BCUT2D eigenvalue weighted by Gasteiger charge is 1.67. The lowest BCUT2D eigenvalue weighted by molar-refractivity contribution is -0.127. The van der Waals surface area contributed by atoms with Crippen molar-refractivity contribution < 1.29 is 9.53 Å². The first-order chi connectivity index (χ1) is 3.41. The molecular weight excluding hydrogens is 92.1 g/mol. The Bertz CT molecular complexity index is 96.4. The minimum atomic E-state index is 0.208. The Morgan fingerprint density at radius 1 is 1.86 bits per heavy atom. The van der Waals surface area contributed by atoms with E-state index in [2.05, 4.69) is 16.6 Å². The van der Waals surface area contributed by atoms with Gasteiger partial charge in [-0.1, -0.05) is 5.92 Å². The van der Waals surface area contributed by atoms with Gasteiger partial charge in [-0.05, 0) is 6.92 Å². The van der Waals surface area contributed by atoms with Gasteiger partial charge < -0.3 is 4.74 Å². The quantitative estimate of drug-likeness (QED) is 0.280. The van der Waals surface area contributed by atoms with Crippen LogP contribution in [0.5, 0.6) is 0 Å². The van der Waals surface area contributed by atoms with Crippen LogP contribution >= 0.6 is 0 Å². The first-order valence-electron chi connectivity index (χ1n) is 1.86. The van der Waals surface area contributed by atoms with Crippen molar-refractivity contribution in [3.63, 3.8) is 0 Å². The van der Waals surface area contributed by atoms with Crippen LogP contribution in [0, 0.1) is 11.8 Å². The molecule has 0 aromatic carbocycles. The minimum absolute atomic E-state index is 0.208. The number of carbonyl (C=O) groups is 1. The fourth-order valence-electron chi connectivity index (χ4n) is 0.148. The van der Waals surface area contributed by atoms with E-state index in [4.69, 9.17) is 0 Å². The molecule has 0 aliphatic rings. The summed E-state index contributed by atoms with van der Waals surface area (Å²) < 4.78 is 4.22. The molecule has 0 radical (unpaired) electrons. The lowest BCUT2D eigenvalue weighted by Crippen LogP contribution is -1.84. The molecule has 0 aliphatic carbocycles. The van der Waals surface area contributed by atoms with Crippen LogP contribution in [0.1, 0.15) is 6.92 Å². The van der Waals surface area contributed by atoms with Crippen molar-refractivity contribution in [1.82, 2.24) is 0 Å². The third-order valence-electron chi connectivity index (χ3n) is 0.400. The Kier molecular flexibility index (Phi) is 4.33. The molecule has 0 aromatic rings. The van der Waals surface area contributed by atoms with Gasteiger partial charge in [0.05, 0.1) is 0 Å². The summed E-state index contributed by atoms with van der Waals surface area (Å²) in [6.45, 7) is 2.28. The van der Waals surface area contributed by atoms with Crippen LogP contribution in [-0.2, 0) is 9.53 Å². The van der Waals surface area contributed by atoms with Gasteiger partial charge in [-0.2, -0.15) is 0 Å². The molecule has 0 aliphatic heterocycles. The highest BCUT2D eigenvalue weighted by atomic mass is 16.5. The summed E-state index contributed by atoms with van der Waals surface area (Å²) in [6.07, 6.45) is 0. The zero-order valence-electron chi connectivity index (χ0n) is 4.10. The maximum atomic E-state index is 9.39. The van der Waals surface area contributed by atoms with Gasteiger partial charge in [-0.25, -0.2) is 0 Å². The minimum Gasteiger partial charge on any atom is -0.455 e. The summed E-state index contributed by atoms with van der Waals surface area (Å²) in [5.41, 5.74) is 0. The summed E-state index contributed by atoms with van der Waals surface area (Å²) in [5.74, 6) is 5.11. The molecule has 0 N–H and O–H groups in total. The van der Waals surface area contributed by atoms with Crippen molar-refractivity contribution in [3.8, 4) is 11.8 Å². The smallest absolute Gasteiger partial charge is 0.294 e. The summed E-state index contributed by atoms with van der Waals surface area (Å²) in [6, 6.07) is 0. The normalized spacial score (nSPS) is 5.86. The molecule has 0 atom stereocenters. The average molecular weight is 98.1 g/mol. The van der Waals surface area contributed by atoms with Crippen LogP contribution in [0.15, 0.2) is 0 Å². The van der Waals surface area contributed by atoms with Crippen molar-refractivity contribution in [2.24, 2.45) is 0 Å². The predicted molar refractivity (Wildman–Crippen MR) is 25.5 cm³/mol. The van der Waals surface area contributed by atoms with Crippen molar-refractivity contribution in [1.29, 1.82) is 0 Å². The van der Waals surface area contributed by atoms with Crippen molar-refractivity contribution in [3.05, 3.63) is 0 Å². The fraction of sp³-hybridized carbons (Fsp3) is 0.400. The molecule has 0 aromatic heterocycles. The summed E-state index contributed by atoms with van der Waals surface area (Å²) in [5, 5.41) is 0. The van der Waals surface area contributed by atoms with Crippen LogP contribution in [0.4, 0.5) is 0 Å². The van der Waals surface area contributed by atoms with Gasteiger partial charge in [0, 0.05) is 0 Å².